The SMILES string of the molecule is CCCn1nccc1C(O)C1CCCCO1. The first-order valence-corrected chi connectivity index (χ1v) is 6.14. The third-order valence-electron chi connectivity index (χ3n) is 3.05. The van der Waals surface area contributed by atoms with Crippen LogP contribution in [0.3, 0.4) is 0 Å². The van der Waals surface area contributed by atoms with Crippen molar-refractivity contribution in [2.75, 3.05) is 6.61 Å². The fourth-order valence-corrected chi connectivity index (χ4v) is 2.20. The van der Waals surface area contributed by atoms with Crippen molar-refractivity contribution in [3.63, 3.8) is 0 Å². The van der Waals surface area contributed by atoms with Gasteiger partial charge in [-0.1, -0.05) is 6.92 Å². The average Bonchev–Trinajstić information content (AvgIpc) is 2.78. The molecule has 0 aliphatic carbocycles. The van der Waals surface area contributed by atoms with E-state index in [1.807, 2.05) is 10.7 Å². The van der Waals surface area contributed by atoms with E-state index in [0.717, 1.165) is 44.5 Å². The highest BCUT2D eigenvalue weighted by molar-refractivity contribution is 5.06. The van der Waals surface area contributed by atoms with Crippen LogP contribution in [0.5, 0.6) is 0 Å². The lowest BCUT2D eigenvalue weighted by Crippen LogP contribution is -2.28. The number of rotatable bonds is 4. The van der Waals surface area contributed by atoms with Crippen molar-refractivity contribution in [1.82, 2.24) is 9.78 Å². The molecule has 0 bridgehead atoms. The van der Waals surface area contributed by atoms with E-state index < -0.39 is 6.10 Å². The molecule has 0 saturated carbocycles. The Balaban J connectivity index is 2.06. The van der Waals surface area contributed by atoms with E-state index in [0.29, 0.717) is 0 Å². The molecule has 1 aliphatic heterocycles. The van der Waals surface area contributed by atoms with E-state index in [1.165, 1.54) is 0 Å². The van der Waals surface area contributed by atoms with Crippen LogP contribution in [-0.4, -0.2) is 27.6 Å². The Hall–Kier alpha value is -0.870. The summed E-state index contributed by atoms with van der Waals surface area (Å²) >= 11 is 0. The molecular weight excluding hydrogens is 204 g/mol. The van der Waals surface area contributed by atoms with Crippen molar-refractivity contribution in [1.29, 1.82) is 0 Å². The molecule has 2 heterocycles. The van der Waals surface area contributed by atoms with E-state index >= 15 is 0 Å². The number of aromatic nitrogens is 2. The molecule has 16 heavy (non-hydrogen) atoms. The number of aliphatic hydroxyl groups is 1. The Bertz CT molecular complexity index is 319. The highest BCUT2D eigenvalue weighted by atomic mass is 16.5. The lowest BCUT2D eigenvalue weighted by atomic mass is 10.0. The summed E-state index contributed by atoms with van der Waals surface area (Å²) in [5.41, 5.74) is 0.883. The molecule has 1 N–H and O–H groups in total. The number of ether oxygens (including phenoxy) is 1. The zero-order chi connectivity index (χ0) is 11.4. The number of nitrogens with zero attached hydrogens (tertiary/aromatic N) is 2. The summed E-state index contributed by atoms with van der Waals surface area (Å²) in [5.74, 6) is 0. The topological polar surface area (TPSA) is 47.3 Å². The van der Waals surface area contributed by atoms with Crippen LogP contribution in [0.1, 0.15) is 44.4 Å². The molecule has 90 valence electrons. The highest BCUT2D eigenvalue weighted by Gasteiger charge is 2.26. The summed E-state index contributed by atoms with van der Waals surface area (Å²) in [6, 6.07) is 1.89. The van der Waals surface area contributed by atoms with E-state index in [4.69, 9.17) is 4.74 Å². The van der Waals surface area contributed by atoms with Crippen LogP contribution >= 0.6 is 0 Å². The molecular formula is C12H20N2O2. The maximum absolute atomic E-state index is 10.3. The van der Waals surface area contributed by atoms with Crippen molar-refractivity contribution in [3.05, 3.63) is 18.0 Å². The number of hydrogen-bond donors (Lipinski definition) is 1. The second-order valence-electron chi connectivity index (χ2n) is 4.33. The largest absolute Gasteiger partial charge is 0.384 e. The van der Waals surface area contributed by atoms with Gasteiger partial charge in [-0.15, -0.1) is 0 Å². The Kier molecular flexibility index (Phi) is 3.96. The zero-order valence-electron chi connectivity index (χ0n) is 9.80. The maximum atomic E-state index is 10.3. The lowest BCUT2D eigenvalue weighted by molar-refractivity contribution is -0.0662. The molecule has 4 heteroatoms. The van der Waals surface area contributed by atoms with Crippen LogP contribution in [0.25, 0.3) is 0 Å². The summed E-state index contributed by atoms with van der Waals surface area (Å²) < 4.78 is 7.48. The number of hydrogen-bond acceptors (Lipinski definition) is 3. The fraction of sp³-hybridized carbons (Fsp3) is 0.750. The minimum absolute atomic E-state index is 0.0546. The van der Waals surface area contributed by atoms with Gasteiger partial charge >= 0.3 is 0 Å². The molecule has 0 spiro atoms. The second kappa shape index (κ2) is 5.46. The van der Waals surface area contributed by atoms with Crippen molar-refractivity contribution < 1.29 is 9.84 Å². The van der Waals surface area contributed by atoms with Crippen molar-refractivity contribution >= 4 is 0 Å². The van der Waals surface area contributed by atoms with Gasteiger partial charge in [-0.05, 0) is 31.7 Å². The summed E-state index contributed by atoms with van der Waals surface area (Å²) in [6.07, 6.45) is 5.37. The van der Waals surface area contributed by atoms with Gasteiger partial charge in [0, 0.05) is 19.3 Å². The minimum atomic E-state index is -0.533. The Morgan fingerprint density at radius 1 is 1.62 bits per heavy atom. The molecule has 0 amide bonds. The molecule has 1 aromatic rings. The molecule has 2 unspecified atom stereocenters. The van der Waals surface area contributed by atoms with Crippen molar-refractivity contribution in [2.45, 2.75) is 51.4 Å². The van der Waals surface area contributed by atoms with E-state index in [1.54, 1.807) is 6.20 Å². The number of aliphatic hydroxyl groups excluding tert-OH is 1. The molecule has 1 saturated heterocycles. The Labute approximate surface area is 96.2 Å². The van der Waals surface area contributed by atoms with Crippen molar-refractivity contribution in [3.8, 4) is 0 Å². The van der Waals surface area contributed by atoms with Crippen LogP contribution in [0, 0.1) is 0 Å². The number of aryl methyl sites for hydroxylation is 1. The minimum Gasteiger partial charge on any atom is -0.384 e. The van der Waals surface area contributed by atoms with Gasteiger partial charge in [0.25, 0.3) is 0 Å². The molecule has 0 radical (unpaired) electrons. The quantitative estimate of drug-likeness (QED) is 0.849. The monoisotopic (exact) mass is 224 g/mol. The van der Waals surface area contributed by atoms with Gasteiger partial charge in [-0.2, -0.15) is 5.10 Å². The standard InChI is InChI=1S/C12H20N2O2/c1-2-8-14-10(6-7-13-14)12(15)11-5-3-4-9-16-11/h6-7,11-12,15H,2-5,8-9H2,1H3. The normalized spacial score (nSPS) is 23.2. The van der Waals surface area contributed by atoms with E-state index in [2.05, 4.69) is 12.0 Å². The van der Waals surface area contributed by atoms with Gasteiger partial charge in [-0.25, -0.2) is 0 Å². The third-order valence-corrected chi connectivity index (χ3v) is 3.05. The fourth-order valence-electron chi connectivity index (χ4n) is 2.20. The first-order valence-electron chi connectivity index (χ1n) is 6.14. The lowest BCUT2D eigenvalue weighted by Gasteiger charge is -2.27. The van der Waals surface area contributed by atoms with E-state index in [-0.39, 0.29) is 6.10 Å². The first-order chi connectivity index (χ1) is 7.83. The van der Waals surface area contributed by atoms with E-state index in [9.17, 15) is 5.11 Å². The van der Waals surface area contributed by atoms with Gasteiger partial charge in [-0.3, -0.25) is 4.68 Å². The van der Waals surface area contributed by atoms with Gasteiger partial charge < -0.3 is 9.84 Å². The summed E-state index contributed by atoms with van der Waals surface area (Å²) in [4.78, 5) is 0. The average molecular weight is 224 g/mol. The molecule has 1 aliphatic rings. The molecule has 2 rings (SSSR count). The molecule has 0 aromatic carbocycles. The Morgan fingerprint density at radius 2 is 2.50 bits per heavy atom. The predicted molar refractivity (Wildman–Crippen MR) is 61.1 cm³/mol. The second-order valence-corrected chi connectivity index (χ2v) is 4.33. The smallest absolute Gasteiger partial charge is 0.122 e. The van der Waals surface area contributed by atoms with Crippen LogP contribution in [0.2, 0.25) is 0 Å². The Morgan fingerprint density at radius 3 is 3.19 bits per heavy atom. The van der Waals surface area contributed by atoms with Gasteiger partial charge in [0.15, 0.2) is 0 Å². The van der Waals surface area contributed by atoms with Crippen molar-refractivity contribution in [2.24, 2.45) is 0 Å². The molecule has 1 fully saturated rings. The summed E-state index contributed by atoms with van der Waals surface area (Å²) in [6.45, 7) is 3.73. The van der Waals surface area contributed by atoms with Gasteiger partial charge in [0.05, 0.1) is 11.8 Å². The van der Waals surface area contributed by atoms with Crippen LogP contribution in [0.4, 0.5) is 0 Å². The van der Waals surface area contributed by atoms with Gasteiger partial charge in [0.2, 0.25) is 0 Å². The molecule has 1 aromatic heterocycles. The summed E-state index contributed by atoms with van der Waals surface area (Å²) in [7, 11) is 0. The molecule has 2 atom stereocenters. The molecule has 4 nitrogen and oxygen atoms in total. The highest BCUT2D eigenvalue weighted by Crippen LogP contribution is 2.26. The summed E-state index contributed by atoms with van der Waals surface area (Å²) in [5, 5.41) is 14.5. The predicted octanol–water partition coefficient (Wildman–Crippen LogP) is 1.90. The maximum Gasteiger partial charge on any atom is 0.122 e. The third kappa shape index (κ3) is 2.44. The van der Waals surface area contributed by atoms with Crippen LogP contribution in [-0.2, 0) is 11.3 Å². The van der Waals surface area contributed by atoms with Crippen LogP contribution in [0.15, 0.2) is 12.3 Å². The zero-order valence-corrected chi connectivity index (χ0v) is 9.80. The van der Waals surface area contributed by atoms with Gasteiger partial charge in [0.1, 0.15) is 6.10 Å². The first kappa shape index (κ1) is 11.6. The van der Waals surface area contributed by atoms with Crippen LogP contribution < -0.4 is 0 Å².